The molecule has 1 saturated heterocycles. The van der Waals surface area contributed by atoms with Gasteiger partial charge in [0.1, 0.15) is 5.49 Å². The lowest BCUT2D eigenvalue weighted by Crippen LogP contribution is -2.45. The summed E-state index contributed by atoms with van der Waals surface area (Å²) < 4.78 is 20.9. The van der Waals surface area contributed by atoms with Gasteiger partial charge in [-0.3, -0.25) is 5.41 Å². The molecule has 1 unspecified atom stereocenters. The number of nitrogens with two attached hydrogens (primary N) is 2. The summed E-state index contributed by atoms with van der Waals surface area (Å²) in [5.41, 5.74) is 15.4. The number of hydrogen-bond acceptors (Lipinski definition) is 7. The van der Waals surface area contributed by atoms with Crippen LogP contribution in [0.2, 0.25) is 5.02 Å². The SMILES string of the molecule is C[C@H](N)CCCc1cc(Cl)c(F)c(-c2cc3c([nH]2)=NC(O)N(c2ccc([C@@H]4COC[C@@H](CCNC(=N)N)N4)cc2)C=3)c1. The summed E-state index contributed by atoms with van der Waals surface area (Å²) in [6.45, 7) is 3.71. The molecule has 1 aromatic heterocycles. The number of aromatic nitrogens is 1. The third-order valence-corrected chi connectivity index (χ3v) is 7.82. The number of halogens is 2. The first-order valence-electron chi connectivity index (χ1n) is 14.2. The summed E-state index contributed by atoms with van der Waals surface area (Å²) in [6, 6.07) is 13.4. The van der Waals surface area contributed by atoms with Gasteiger partial charge in [-0.05, 0) is 74.1 Å². The molecule has 0 amide bonds. The van der Waals surface area contributed by atoms with E-state index in [1.807, 2.05) is 37.3 Å². The van der Waals surface area contributed by atoms with Gasteiger partial charge in [-0.2, -0.15) is 0 Å². The van der Waals surface area contributed by atoms with Crippen molar-refractivity contribution < 1.29 is 14.2 Å². The predicted molar refractivity (Wildman–Crippen MR) is 163 cm³/mol. The molecule has 12 heteroatoms. The van der Waals surface area contributed by atoms with E-state index in [9.17, 15) is 5.11 Å². The van der Waals surface area contributed by atoms with Crippen LogP contribution in [0.1, 0.15) is 43.4 Å². The molecule has 9 N–H and O–H groups in total. The largest absolute Gasteiger partial charge is 0.378 e. The average molecular weight is 597 g/mol. The van der Waals surface area contributed by atoms with Crippen LogP contribution in [-0.2, 0) is 11.2 Å². The zero-order chi connectivity index (χ0) is 29.8. The number of aryl methyl sites for hydroxylation is 1. The van der Waals surface area contributed by atoms with Gasteiger partial charge < -0.3 is 41.8 Å². The average Bonchev–Trinajstić information content (AvgIpc) is 3.37. The zero-order valence-electron chi connectivity index (χ0n) is 23.5. The van der Waals surface area contributed by atoms with Crippen molar-refractivity contribution in [1.82, 2.24) is 15.6 Å². The number of morpholine rings is 1. The molecule has 0 radical (unpaired) electrons. The van der Waals surface area contributed by atoms with E-state index in [4.69, 9.17) is 33.2 Å². The second-order valence-corrected chi connectivity index (χ2v) is 11.4. The number of H-pyrrole nitrogens is 1. The van der Waals surface area contributed by atoms with E-state index in [1.165, 1.54) is 0 Å². The lowest BCUT2D eigenvalue weighted by atomic mass is 10.0. The number of fused-ring (bicyclic) bond motifs is 1. The van der Waals surface area contributed by atoms with Crippen LogP contribution in [0, 0.1) is 11.2 Å². The molecule has 0 aliphatic carbocycles. The smallest absolute Gasteiger partial charge is 0.231 e. The van der Waals surface area contributed by atoms with Crippen molar-refractivity contribution in [2.45, 2.75) is 57.1 Å². The van der Waals surface area contributed by atoms with Crippen molar-refractivity contribution in [3.05, 3.63) is 75.1 Å². The van der Waals surface area contributed by atoms with Crippen LogP contribution in [0.3, 0.4) is 0 Å². The molecule has 0 bridgehead atoms. The van der Waals surface area contributed by atoms with Gasteiger partial charge in [-0.25, -0.2) is 9.38 Å². The zero-order valence-corrected chi connectivity index (χ0v) is 24.3. The molecule has 0 saturated carbocycles. The van der Waals surface area contributed by atoms with Crippen LogP contribution in [0.25, 0.3) is 17.5 Å². The van der Waals surface area contributed by atoms with E-state index >= 15 is 4.39 Å². The number of aliphatic hydroxyl groups is 1. The first-order chi connectivity index (χ1) is 20.2. The number of ether oxygens (including phenoxy) is 1. The van der Waals surface area contributed by atoms with Crippen molar-refractivity contribution in [1.29, 1.82) is 5.41 Å². The molecular weight excluding hydrogens is 559 g/mol. The number of anilines is 1. The van der Waals surface area contributed by atoms with Crippen molar-refractivity contribution in [3.63, 3.8) is 0 Å². The number of rotatable bonds is 10. The standard InChI is InChI=1S/C30H38ClFN8O2/c1-17(33)3-2-4-18-11-23(27(32)24(31)12-18)25-13-20-14-40(30(41)39-28(20)38-25)22-7-5-19(6-8-22)26-16-42-15-21(37-26)9-10-36-29(34)35/h5-8,11-14,17,21,26,30,37,41H,2-4,9-10,15-16,33H2,1H3,(H,38,39)(H4,34,35,36)/t17-,21+,26-,30?/m0/s1. The van der Waals surface area contributed by atoms with Crippen LogP contribution in [0.4, 0.5) is 10.1 Å². The van der Waals surface area contributed by atoms with Gasteiger partial charge in [-0.1, -0.05) is 23.7 Å². The van der Waals surface area contributed by atoms with E-state index in [2.05, 4.69) is 20.6 Å². The van der Waals surface area contributed by atoms with Gasteiger partial charge in [0.25, 0.3) is 0 Å². The van der Waals surface area contributed by atoms with Gasteiger partial charge in [0.15, 0.2) is 11.8 Å². The first kappa shape index (κ1) is 30.0. The number of benzene rings is 2. The molecule has 5 rings (SSSR count). The maximum absolute atomic E-state index is 15.1. The summed E-state index contributed by atoms with van der Waals surface area (Å²) in [5.74, 6) is -0.545. The maximum Gasteiger partial charge on any atom is 0.231 e. The summed E-state index contributed by atoms with van der Waals surface area (Å²) in [6.07, 6.45) is 3.92. The van der Waals surface area contributed by atoms with Crippen molar-refractivity contribution in [3.8, 4) is 11.3 Å². The molecule has 2 aliphatic rings. The summed E-state index contributed by atoms with van der Waals surface area (Å²) >= 11 is 6.25. The Morgan fingerprint density at radius 2 is 2.07 bits per heavy atom. The van der Waals surface area contributed by atoms with Gasteiger partial charge >= 0.3 is 0 Å². The van der Waals surface area contributed by atoms with Gasteiger partial charge in [0.05, 0.1) is 30.0 Å². The van der Waals surface area contributed by atoms with Crippen LogP contribution in [0.5, 0.6) is 0 Å². The summed E-state index contributed by atoms with van der Waals surface area (Å²) in [7, 11) is 0. The molecule has 2 aliphatic heterocycles. The summed E-state index contributed by atoms with van der Waals surface area (Å²) in [5, 5.41) is 25.4. The summed E-state index contributed by atoms with van der Waals surface area (Å²) in [4.78, 5) is 9.23. The Labute approximate surface area is 249 Å². The van der Waals surface area contributed by atoms with Crippen LogP contribution in [0.15, 0.2) is 47.5 Å². The van der Waals surface area contributed by atoms with Crippen molar-refractivity contribution in [2.24, 2.45) is 16.5 Å². The van der Waals surface area contributed by atoms with Gasteiger partial charge in [0, 0.05) is 41.3 Å². The third-order valence-electron chi connectivity index (χ3n) is 7.54. The van der Waals surface area contributed by atoms with E-state index in [-0.39, 0.29) is 29.1 Å². The number of hydrogen-bond donors (Lipinski definition) is 7. The highest BCUT2D eigenvalue weighted by atomic mass is 35.5. The fourth-order valence-corrected chi connectivity index (χ4v) is 5.60. The number of aliphatic hydroxyl groups excluding tert-OH is 1. The topological polar surface area (TPSA) is 161 Å². The lowest BCUT2D eigenvalue weighted by Gasteiger charge is -2.32. The minimum absolute atomic E-state index is 0.0186. The van der Waals surface area contributed by atoms with Crippen molar-refractivity contribution in [2.75, 3.05) is 24.7 Å². The molecule has 3 heterocycles. The Kier molecular flexibility index (Phi) is 9.44. The Balaban J connectivity index is 1.32. The molecule has 2 aromatic carbocycles. The van der Waals surface area contributed by atoms with E-state index in [0.29, 0.717) is 36.5 Å². The van der Waals surface area contributed by atoms with Crippen LogP contribution < -0.4 is 37.7 Å². The van der Waals surface area contributed by atoms with Crippen molar-refractivity contribution >= 4 is 29.4 Å². The fraction of sp³-hybridized carbons (Fsp3) is 0.400. The Morgan fingerprint density at radius 1 is 1.29 bits per heavy atom. The number of guanidine groups is 1. The molecule has 10 nitrogen and oxygen atoms in total. The van der Waals surface area contributed by atoms with E-state index in [1.54, 1.807) is 23.2 Å². The van der Waals surface area contributed by atoms with E-state index in [0.717, 1.165) is 47.7 Å². The molecule has 1 fully saturated rings. The highest BCUT2D eigenvalue weighted by Crippen LogP contribution is 2.29. The number of nitrogens with one attached hydrogen (secondary N) is 4. The molecule has 224 valence electrons. The lowest BCUT2D eigenvalue weighted by molar-refractivity contribution is 0.0431. The van der Waals surface area contributed by atoms with Gasteiger partial charge in [-0.15, -0.1) is 0 Å². The second-order valence-electron chi connectivity index (χ2n) is 11.0. The van der Waals surface area contributed by atoms with Crippen LogP contribution >= 0.6 is 11.6 Å². The molecule has 0 spiro atoms. The first-order valence-corrected chi connectivity index (χ1v) is 14.6. The molecular formula is C30H38ClFN8O2. The second kappa shape index (κ2) is 13.2. The highest BCUT2D eigenvalue weighted by molar-refractivity contribution is 6.31. The van der Waals surface area contributed by atoms with Crippen LogP contribution in [-0.4, -0.2) is 54.2 Å². The molecule has 42 heavy (non-hydrogen) atoms. The van der Waals surface area contributed by atoms with E-state index < -0.39 is 12.2 Å². The Morgan fingerprint density at radius 3 is 2.81 bits per heavy atom. The minimum atomic E-state index is -1.15. The quantitative estimate of drug-likeness (QED) is 0.139. The van der Waals surface area contributed by atoms with Gasteiger partial charge in [0.2, 0.25) is 6.35 Å². The molecule has 3 aromatic rings. The normalized spacial score (nSPS) is 20.8. The number of aromatic amines is 1. The number of nitrogens with zero attached hydrogens (tertiary/aromatic N) is 2. The Hall–Kier alpha value is -3.48. The highest BCUT2D eigenvalue weighted by Gasteiger charge is 2.24. The fourth-order valence-electron chi connectivity index (χ4n) is 5.35. The predicted octanol–water partition coefficient (Wildman–Crippen LogP) is 2.20. The third kappa shape index (κ3) is 7.11. The monoisotopic (exact) mass is 596 g/mol. The molecule has 4 atom stereocenters. The maximum atomic E-state index is 15.1. The minimum Gasteiger partial charge on any atom is -0.378 e. The Bertz CT molecular complexity index is 1530.